The van der Waals surface area contributed by atoms with Gasteiger partial charge in [-0.25, -0.2) is 0 Å². The molecular formula is C15H19N3O2. The van der Waals surface area contributed by atoms with Crippen LogP contribution in [0.5, 0.6) is 0 Å². The van der Waals surface area contributed by atoms with Crippen molar-refractivity contribution < 1.29 is 9.52 Å². The van der Waals surface area contributed by atoms with Crippen molar-refractivity contribution in [1.29, 1.82) is 0 Å². The van der Waals surface area contributed by atoms with E-state index in [4.69, 9.17) is 10.2 Å². The molecule has 0 aliphatic carbocycles. The zero-order valence-corrected chi connectivity index (χ0v) is 11.2. The molecule has 0 amide bonds. The summed E-state index contributed by atoms with van der Waals surface area (Å²) < 4.78 is 5.09. The van der Waals surface area contributed by atoms with Crippen LogP contribution < -0.4 is 11.1 Å². The van der Waals surface area contributed by atoms with Gasteiger partial charge in [0.05, 0.1) is 12.8 Å². The van der Waals surface area contributed by atoms with E-state index in [9.17, 15) is 5.11 Å². The normalized spacial score (nSPS) is 13.2. The zero-order valence-electron chi connectivity index (χ0n) is 11.2. The second-order valence-electron chi connectivity index (χ2n) is 4.42. The lowest BCUT2D eigenvalue weighted by molar-refractivity contribution is 0.158. The number of nitrogens with one attached hydrogen (secondary N) is 1. The Kier molecular flexibility index (Phi) is 5.20. The molecule has 0 spiro atoms. The highest BCUT2D eigenvalue weighted by Gasteiger charge is 2.09. The van der Waals surface area contributed by atoms with Crippen LogP contribution in [-0.2, 0) is 6.42 Å². The van der Waals surface area contributed by atoms with E-state index in [1.807, 2.05) is 18.2 Å². The van der Waals surface area contributed by atoms with E-state index >= 15 is 0 Å². The lowest BCUT2D eigenvalue weighted by Gasteiger charge is -2.07. The summed E-state index contributed by atoms with van der Waals surface area (Å²) in [5.74, 6) is 0.817. The average molecular weight is 273 g/mol. The molecule has 0 bridgehead atoms. The fourth-order valence-corrected chi connectivity index (χ4v) is 1.79. The quantitative estimate of drug-likeness (QED) is 0.549. The van der Waals surface area contributed by atoms with Gasteiger partial charge in [-0.05, 0) is 24.1 Å². The highest BCUT2D eigenvalue weighted by Crippen LogP contribution is 2.12. The first-order valence-electron chi connectivity index (χ1n) is 6.55. The minimum atomic E-state index is -0.764. The largest absolute Gasteiger partial charge is 0.467 e. The summed E-state index contributed by atoms with van der Waals surface area (Å²) in [5, 5.41) is 12.8. The molecule has 0 radical (unpaired) electrons. The Balaban J connectivity index is 1.71. The Hall–Kier alpha value is -2.27. The van der Waals surface area contributed by atoms with Crippen molar-refractivity contribution in [3.63, 3.8) is 0 Å². The van der Waals surface area contributed by atoms with Crippen LogP contribution in [0.1, 0.15) is 17.4 Å². The van der Waals surface area contributed by atoms with Crippen LogP contribution in [0.3, 0.4) is 0 Å². The second kappa shape index (κ2) is 7.35. The molecule has 0 fully saturated rings. The monoisotopic (exact) mass is 273 g/mol. The van der Waals surface area contributed by atoms with Gasteiger partial charge in [-0.3, -0.25) is 4.99 Å². The van der Waals surface area contributed by atoms with Gasteiger partial charge in [-0.1, -0.05) is 30.3 Å². The molecule has 0 aliphatic rings. The summed E-state index contributed by atoms with van der Waals surface area (Å²) in [6, 6.07) is 13.6. The molecule has 2 rings (SSSR count). The number of hydrogen-bond acceptors (Lipinski definition) is 3. The van der Waals surface area contributed by atoms with Crippen molar-refractivity contribution in [3.8, 4) is 0 Å². The van der Waals surface area contributed by atoms with E-state index in [-0.39, 0.29) is 6.54 Å². The van der Waals surface area contributed by atoms with Crippen LogP contribution in [0.2, 0.25) is 0 Å². The van der Waals surface area contributed by atoms with E-state index in [1.165, 1.54) is 11.8 Å². The highest BCUT2D eigenvalue weighted by atomic mass is 16.4. The van der Waals surface area contributed by atoms with E-state index < -0.39 is 6.10 Å². The van der Waals surface area contributed by atoms with Crippen LogP contribution in [-0.4, -0.2) is 24.2 Å². The second-order valence-corrected chi connectivity index (χ2v) is 4.42. The lowest BCUT2D eigenvalue weighted by Crippen LogP contribution is -2.33. The Morgan fingerprint density at radius 2 is 2.05 bits per heavy atom. The highest BCUT2D eigenvalue weighted by molar-refractivity contribution is 5.77. The number of aliphatic imine (C=N–C) groups is 1. The predicted molar refractivity (Wildman–Crippen MR) is 78.3 cm³/mol. The fraction of sp³-hybridized carbons (Fsp3) is 0.267. The number of hydrogen-bond donors (Lipinski definition) is 3. The van der Waals surface area contributed by atoms with Crippen molar-refractivity contribution in [2.24, 2.45) is 10.7 Å². The van der Waals surface area contributed by atoms with Gasteiger partial charge in [0.1, 0.15) is 11.9 Å². The van der Waals surface area contributed by atoms with E-state index in [1.54, 1.807) is 12.1 Å². The molecule has 5 nitrogen and oxygen atoms in total. The Labute approximate surface area is 118 Å². The first-order chi connectivity index (χ1) is 9.75. The maximum absolute atomic E-state index is 9.78. The molecule has 1 unspecified atom stereocenters. The van der Waals surface area contributed by atoms with Crippen molar-refractivity contribution >= 4 is 5.96 Å². The van der Waals surface area contributed by atoms with Crippen LogP contribution in [0, 0.1) is 0 Å². The number of aliphatic hydroxyl groups excluding tert-OH is 1. The third-order valence-electron chi connectivity index (χ3n) is 2.87. The van der Waals surface area contributed by atoms with Gasteiger partial charge < -0.3 is 20.6 Å². The molecule has 1 aromatic carbocycles. The summed E-state index contributed by atoms with van der Waals surface area (Å²) in [6.45, 7) is 0.883. The SMILES string of the molecule is NC(=NCC(O)c1ccco1)NCCc1ccccc1. The van der Waals surface area contributed by atoms with Crippen LogP contribution in [0.4, 0.5) is 0 Å². The molecule has 4 N–H and O–H groups in total. The topological polar surface area (TPSA) is 83.8 Å². The fourth-order valence-electron chi connectivity index (χ4n) is 1.79. The Morgan fingerprint density at radius 3 is 2.75 bits per heavy atom. The average Bonchev–Trinajstić information content (AvgIpc) is 3.00. The predicted octanol–water partition coefficient (Wildman–Crippen LogP) is 1.46. The first-order valence-corrected chi connectivity index (χ1v) is 6.55. The van der Waals surface area contributed by atoms with Crippen LogP contribution in [0.25, 0.3) is 0 Å². The van der Waals surface area contributed by atoms with Gasteiger partial charge in [0.25, 0.3) is 0 Å². The van der Waals surface area contributed by atoms with Crippen LogP contribution >= 0.6 is 0 Å². The Bertz CT molecular complexity index is 523. The molecule has 106 valence electrons. The molecule has 1 heterocycles. The summed E-state index contributed by atoms with van der Waals surface area (Å²) >= 11 is 0. The molecular weight excluding hydrogens is 254 g/mol. The van der Waals surface area contributed by atoms with E-state index in [0.29, 0.717) is 18.3 Å². The van der Waals surface area contributed by atoms with Crippen LogP contribution in [0.15, 0.2) is 58.1 Å². The van der Waals surface area contributed by atoms with Gasteiger partial charge in [0.15, 0.2) is 5.96 Å². The van der Waals surface area contributed by atoms with Gasteiger partial charge in [-0.15, -0.1) is 0 Å². The molecule has 2 aromatic rings. The van der Waals surface area contributed by atoms with Gasteiger partial charge in [0, 0.05) is 6.54 Å². The minimum absolute atomic E-state index is 0.178. The zero-order chi connectivity index (χ0) is 14.2. The lowest BCUT2D eigenvalue weighted by atomic mass is 10.1. The van der Waals surface area contributed by atoms with Crippen molar-refractivity contribution in [1.82, 2.24) is 5.32 Å². The smallest absolute Gasteiger partial charge is 0.188 e. The molecule has 0 saturated carbocycles. The molecule has 0 aliphatic heterocycles. The maximum atomic E-state index is 9.78. The van der Waals surface area contributed by atoms with Gasteiger partial charge in [0.2, 0.25) is 0 Å². The van der Waals surface area contributed by atoms with Crippen molar-refractivity contribution in [3.05, 3.63) is 60.1 Å². The summed E-state index contributed by atoms with van der Waals surface area (Å²) in [7, 11) is 0. The van der Waals surface area contributed by atoms with E-state index in [0.717, 1.165) is 6.42 Å². The molecule has 0 saturated heterocycles. The van der Waals surface area contributed by atoms with Crippen molar-refractivity contribution in [2.75, 3.05) is 13.1 Å². The maximum Gasteiger partial charge on any atom is 0.188 e. The number of aliphatic hydroxyl groups is 1. The number of nitrogens with two attached hydrogens (primary N) is 1. The molecule has 1 atom stereocenters. The standard InChI is InChI=1S/C15H19N3O2/c16-15(17-9-8-12-5-2-1-3-6-12)18-11-13(19)14-7-4-10-20-14/h1-7,10,13,19H,8-9,11H2,(H3,16,17,18). The number of benzene rings is 1. The van der Waals surface area contributed by atoms with E-state index in [2.05, 4.69) is 22.4 Å². The number of nitrogens with zero attached hydrogens (tertiary/aromatic N) is 1. The summed E-state index contributed by atoms with van der Waals surface area (Å²) in [5.41, 5.74) is 6.98. The third kappa shape index (κ3) is 4.44. The Morgan fingerprint density at radius 1 is 1.25 bits per heavy atom. The van der Waals surface area contributed by atoms with Crippen molar-refractivity contribution in [2.45, 2.75) is 12.5 Å². The molecule has 20 heavy (non-hydrogen) atoms. The molecule has 5 heteroatoms. The summed E-state index contributed by atoms with van der Waals surface area (Å²) in [4.78, 5) is 4.08. The number of rotatable bonds is 6. The molecule has 1 aromatic heterocycles. The third-order valence-corrected chi connectivity index (χ3v) is 2.87. The minimum Gasteiger partial charge on any atom is -0.467 e. The number of furan rings is 1. The van der Waals surface area contributed by atoms with Gasteiger partial charge in [-0.2, -0.15) is 0 Å². The number of guanidine groups is 1. The first kappa shape index (κ1) is 14.1. The summed E-state index contributed by atoms with van der Waals surface area (Å²) in [6.07, 6.45) is 1.63. The van der Waals surface area contributed by atoms with Gasteiger partial charge >= 0.3 is 0 Å².